The molecule has 1 aliphatic heterocycles. The number of nitrogens with one attached hydrogen (secondary N) is 1. The standard InChI is InChI=1S/C4H10N2O2S.ClH/c1-9(7,8)5-6-3-2-4-6;/h5H,2-4H2,1H3;1H. The van der Waals surface area contributed by atoms with Crippen molar-refractivity contribution in [1.82, 2.24) is 9.84 Å². The Bertz CT molecular complexity index is 187. The number of halogens is 1. The molecule has 1 N–H and O–H groups in total. The van der Waals surface area contributed by atoms with Gasteiger partial charge in [-0.05, 0) is 6.42 Å². The van der Waals surface area contributed by atoms with E-state index in [2.05, 4.69) is 4.83 Å². The van der Waals surface area contributed by atoms with Gasteiger partial charge in [-0.15, -0.1) is 17.2 Å². The number of hydrazine groups is 1. The molecule has 1 fully saturated rings. The molecule has 0 bridgehead atoms. The van der Waals surface area contributed by atoms with Crippen LogP contribution in [0.3, 0.4) is 0 Å². The molecule has 0 radical (unpaired) electrons. The Hall–Kier alpha value is 0.160. The zero-order chi connectivity index (χ0) is 6.91. The Balaban J connectivity index is 0.000000810. The van der Waals surface area contributed by atoms with Gasteiger partial charge in [0, 0.05) is 13.1 Å². The average Bonchev–Trinajstić information content (AvgIpc) is 1.53. The second kappa shape index (κ2) is 3.52. The summed E-state index contributed by atoms with van der Waals surface area (Å²) in [4.78, 5) is 2.36. The summed E-state index contributed by atoms with van der Waals surface area (Å²) in [6.45, 7) is 1.68. The van der Waals surface area contributed by atoms with Crippen LogP contribution in [0.5, 0.6) is 0 Å². The van der Waals surface area contributed by atoms with Crippen LogP contribution in [-0.2, 0) is 10.0 Å². The third-order valence-corrected chi connectivity index (χ3v) is 1.74. The normalized spacial score (nSPS) is 19.3. The number of nitrogens with zero attached hydrogens (tertiary/aromatic N) is 1. The lowest BCUT2D eigenvalue weighted by molar-refractivity contribution is 0.152. The molecule has 6 heteroatoms. The van der Waals surface area contributed by atoms with Crippen molar-refractivity contribution in [1.29, 1.82) is 0 Å². The molecular formula is C4H11ClN2O2S. The van der Waals surface area contributed by atoms with Crippen LogP contribution in [0.4, 0.5) is 0 Å². The third kappa shape index (κ3) is 3.36. The van der Waals surface area contributed by atoms with Crippen molar-refractivity contribution < 1.29 is 8.42 Å². The van der Waals surface area contributed by atoms with E-state index in [0.717, 1.165) is 25.8 Å². The maximum absolute atomic E-state index is 10.5. The van der Waals surface area contributed by atoms with E-state index in [9.17, 15) is 8.42 Å². The van der Waals surface area contributed by atoms with Crippen molar-refractivity contribution in [3.63, 3.8) is 0 Å². The van der Waals surface area contributed by atoms with Crippen molar-refractivity contribution in [2.24, 2.45) is 0 Å². The maximum atomic E-state index is 10.5. The molecule has 1 aliphatic rings. The van der Waals surface area contributed by atoms with Crippen LogP contribution in [0.2, 0.25) is 0 Å². The van der Waals surface area contributed by atoms with Crippen molar-refractivity contribution in [2.75, 3.05) is 19.3 Å². The van der Waals surface area contributed by atoms with Gasteiger partial charge in [-0.1, -0.05) is 0 Å². The highest BCUT2D eigenvalue weighted by Gasteiger charge is 2.16. The SMILES string of the molecule is CS(=O)(=O)NN1CCC1.Cl. The zero-order valence-electron chi connectivity index (χ0n) is 5.70. The largest absolute Gasteiger partial charge is 0.231 e. The van der Waals surface area contributed by atoms with Crippen molar-refractivity contribution in [3.05, 3.63) is 0 Å². The predicted octanol–water partition coefficient (Wildman–Crippen LogP) is -0.422. The fourth-order valence-electron chi connectivity index (χ4n) is 0.642. The molecule has 0 aromatic heterocycles. The fourth-order valence-corrected chi connectivity index (χ4v) is 1.29. The van der Waals surface area contributed by atoms with E-state index in [0.29, 0.717) is 0 Å². The Morgan fingerprint density at radius 3 is 2.00 bits per heavy atom. The lowest BCUT2D eigenvalue weighted by Crippen LogP contribution is -2.49. The van der Waals surface area contributed by atoms with E-state index >= 15 is 0 Å². The van der Waals surface area contributed by atoms with Crippen LogP contribution in [0.25, 0.3) is 0 Å². The second-order valence-corrected chi connectivity index (χ2v) is 3.93. The fraction of sp³-hybridized carbons (Fsp3) is 1.00. The average molecular weight is 187 g/mol. The molecule has 10 heavy (non-hydrogen) atoms. The molecule has 0 amide bonds. The molecule has 62 valence electrons. The molecule has 0 aromatic rings. The quantitative estimate of drug-likeness (QED) is 0.637. The van der Waals surface area contributed by atoms with Crippen LogP contribution >= 0.6 is 12.4 Å². The van der Waals surface area contributed by atoms with Gasteiger partial charge in [0.25, 0.3) is 0 Å². The summed E-state index contributed by atoms with van der Waals surface area (Å²) in [5.74, 6) is 0. The summed E-state index contributed by atoms with van der Waals surface area (Å²) < 4.78 is 21.0. The molecule has 1 rings (SSSR count). The number of hydrogen-bond donors (Lipinski definition) is 1. The molecule has 0 saturated carbocycles. The molecule has 1 heterocycles. The Morgan fingerprint density at radius 2 is 1.90 bits per heavy atom. The van der Waals surface area contributed by atoms with E-state index in [1.54, 1.807) is 5.01 Å². The highest BCUT2D eigenvalue weighted by atomic mass is 35.5. The van der Waals surface area contributed by atoms with Crippen molar-refractivity contribution >= 4 is 22.4 Å². The maximum Gasteiger partial charge on any atom is 0.221 e. The second-order valence-electron chi connectivity index (χ2n) is 2.20. The first-order valence-electron chi connectivity index (χ1n) is 2.80. The Labute approximate surface area is 67.0 Å². The minimum atomic E-state index is -3.01. The molecule has 0 atom stereocenters. The van der Waals surface area contributed by atoms with Crippen LogP contribution in [0.1, 0.15) is 6.42 Å². The van der Waals surface area contributed by atoms with Gasteiger partial charge >= 0.3 is 0 Å². The van der Waals surface area contributed by atoms with Gasteiger partial charge in [0.1, 0.15) is 0 Å². The van der Waals surface area contributed by atoms with E-state index in [4.69, 9.17) is 0 Å². The monoisotopic (exact) mass is 186 g/mol. The lowest BCUT2D eigenvalue weighted by Gasteiger charge is -2.29. The van der Waals surface area contributed by atoms with Crippen molar-refractivity contribution in [2.45, 2.75) is 6.42 Å². The molecule has 0 aliphatic carbocycles. The summed E-state index contributed by atoms with van der Waals surface area (Å²) in [6, 6.07) is 0. The molecule has 0 aromatic carbocycles. The van der Waals surface area contributed by atoms with E-state index in [1.165, 1.54) is 0 Å². The van der Waals surface area contributed by atoms with Crippen LogP contribution < -0.4 is 4.83 Å². The van der Waals surface area contributed by atoms with E-state index in [1.807, 2.05) is 0 Å². The van der Waals surface area contributed by atoms with Crippen LogP contribution in [0.15, 0.2) is 0 Å². The molecule has 0 spiro atoms. The van der Waals surface area contributed by atoms with Crippen molar-refractivity contribution in [3.8, 4) is 0 Å². The third-order valence-electron chi connectivity index (χ3n) is 1.15. The minimum Gasteiger partial charge on any atom is -0.231 e. The van der Waals surface area contributed by atoms with Gasteiger partial charge in [-0.2, -0.15) is 0 Å². The Kier molecular flexibility index (Phi) is 3.58. The van der Waals surface area contributed by atoms with Gasteiger partial charge in [0.15, 0.2) is 0 Å². The first kappa shape index (κ1) is 10.2. The van der Waals surface area contributed by atoms with Crippen LogP contribution in [-0.4, -0.2) is 32.8 Å². The highest BCUT2D eigenvalue weighted by Crippen LogP contribution is 2.01. The summed E-state index contributed by atoms with van der Waals surface area (Å²) in [7, 11) is -3.01. The number of hydrogen-bond acceptors (Lipinski definition) is 3. The summed E-state index contributed by atoms with van der Waals surface area (Å²) in [5.41, 5.74) is 0. The first-order chi connectivity index (χ1) is 4.08. The van der Waals surface area contributed by atoms with Gasteiger partial charge in [-0.3, -0.25) is 0 Å². The molecule has 1 saturated heterocycles. The van der Waals surface area contributed by atoms with Gasteiger partial charge in [-0.25, -0.2) is 13.4 Å². The highest BCUT2D eigenvalue weighted by molar-refractivity contribution is 7.88. The molecule has 0 unspecified atom stereocenters. The minimum absolute atomic E-state index is 0. The summed E-state index contributed by atoms with van der Waals surface area (Å²) in [6.07, 6.45) is 2.24. The summed E-state index contributed by atoms with van der Waals surface area (Å²) >= 11 is 0. The molecule has 4 nitrogen and oxygen atoms in total. The van der Waals surface area contributed by atoms with E-state index in [-0.39, 0.29) is 12.4 Å². The summed E-state index contributed by atoms with van der Waals surface area (Å²) in [5, 5.41) is 1.68. The van der Waals surface area contributed by atoms with Gasteiger partial charge < -0.3 is 0 Å². The van der Waals surface area contributed by atoms with Crippen LogP contribution in [0, 0.1) is 0 Å². The number of sulfonamides is 1. The number of rotatable bonds is 2. The zero-order valence-corrected chi connectivity index (χ0v) is 7.33. The topological polar surface area (TPSA) is 49.4 Å². The van der Waals surface area contributed by atoms with Gasteiger partial charge in [0.05, 0.1) is 6.26 Å². The molecular weight excluding hydrogens is 176 g/mol. The lowest BCUT2D eigenvalue weighted by atomic mass is 10.3. The van der Waals surface area contributed by atoms with E-state index < -0.39 is 10.0 Å². The van der Waals surface area contributed by atoms with Gasteiger partial charge in [0.2, 0.25) is 10.0 Å². The smallest absolute Gasteiger partial charge is 0.221 e. The first-order valence-corrected chi connectivity index (χ1v) is 4.69. The Morgan fingerprint density at radius 1 is 1.40 bits per heavy atom. The predicted molar refractivity (Wildman–Crippen MR) is 41.4 cm³/mol.